The van der Waals surface area contributed by atoms with Crippen molar-refractivity contribution in [3.8, 4) is 5.75 Å². The van der Waals surface area contributed by atoms with Crippen LogP contribution in [0, 0.1) is 5.92 Å². The second kappa shape index (κ2) is 5.55. The Bertz CT molecular complexity index is 696. The lowest BCUT2D eigenvalue weighted by Crippen LogP contribution is -2.33. The average molecular weight is 327 g/mol. The molecule has 6 nitrogen and oxygen atoms in total. The highest BCUT2D eigenvalue weighted by molar-refractivity contribution is 7.89. The molecule has 1 heterocycles. The largest absolute Gasteiger partial charge is 0.487 e. The van der Waals surface area contributed by atoms with Gasteiger partial charge in [0.15, 0.2) is 0 Å². The fourth-order valence-corrected chi connectivity index (χ4v) is 3.80. The van der Waals surface area contributed by atoms with Crippen molar-refractivity contribution in [2.75, 3.05) is 13.6 Å². The molecule has 0 spiro atoms. The van der Waals surface area contributed by atoms with Gasteiger partial charge in [0, 0.05) is 20.0 Å². The number of benzene rings is 1. The lowest BCUT2D eigenvalue weighted by atomic mass is 10.0. The van der Waals surface area contributed by atoms with Crippen LogP contribution in [-0.2, 0) is 21.2 Å². The fraction of sp³-hybridized carbons (Fsp3) is 0.533. The molecule has 1 N–H and O–H groups in total. The molecule has 0 amide bonds. The summed E-state index contributed by atoms with van der Waals surface area (Å²) in [5, 5.41) is 8.91. The molecule has 0 radical (unpaired) electrons. The molecule has 7 heteroatoms. The van der Waals surface area contributed by atoms with Gasteiger partial charge < -0.3 is 9.84 Å². The van der Waals surface area contributed by atoms with E-state index >= 15 is 0 Å². The summed E-state index contributed by atoms with van der Waals surface area (Å²) >= 11 is 0. The Hall–Kier alpha value is -1.60. The van der Waals surface area contributed by atoms with Crippen molar-refractivity contribution in [2.45, 2.75) is 37.7 Å². The molecule has 0 bridgehead atoms. The third-order valence-electron chi connectivity index (χ3n) is 3.70. The Morgan fingerprint density at radius 2 is 2.09 bits per heavy atom. The Labute approximate surface area is 130 Å². The number of rotatable bonds is 5. The summed E-state index contributed by atoms with van der Waals surface area (Å²) in [5.41, 5.74) is 0.514. The Morgan fingerprint density at radius 3 is 2.68 bits per heavy atom. The zero-order chi connectivity index (χ0) is 16.7. The van der Waals surface area contributed by atoms with Crippen molar-refractivity contribution in [3.63, 3.8) is 0 Å². The number of fused-ring (bicyclic) bond motifs is 1. The maximum Gasteiger partial charge on any atom is 0.307 e. The topological polar surface area (TPSA) is 83.9 Å². The van der Waals surface area contributed by atoms with Crippen molar-refractivity contribution in [1.82, 2.24) is 4.31 Å². The van der Waals surface area contributed by atoms with Crippen LogP contribution in [0.5, 0.6) is 5.75 Å². The van der Waals surface area contributed by atoms with E-state index in [-0.39, 0.29) is 17.0 Å². The number of nitrogens with zero attached hydrogens (tertiary/aromatic N) is 1. The van der Waals surface area contributed by atoms with E-state index < -0.39 is 21.9 Å². The summed E-state index contributed by atoms with van der Waals surface area (Å²) in [6.07, 6.45) is 0.640. The van der Waals surface area contributed by atoms with Gasteiger partial charge in [0.05, 0.1) is 10.8 Å². The van der Waals surface area contributed by atoms with Crippen LogP contribution in [0.1, 0.15) is 26.3 Å². The number of carboxylic acid groups (broad SMARTS) is 1. The zero-order valence-corrected chi connectivity index (χ0v) is 14.0. The summed E-state index contributed by atoms with van der Waals surface area (Å²) in [6, 6.07) is 4.77. The van der Waals surface area contributed by atoms with Gasteiger partial charge in [0.1, 0.15) is 11.4 Å². The van der Waals surface area contributed by atoms with E-state index in [2.05, 4.69) is 0 Å². The molecule has 0 fully saturated rings. The van der Waals surface area contributed by atoms with E-state index in [1.165, 1.54) is 20.0 Å². The second-order valence-electron chi connectivity index (χ2n) is 6.33. The molecule has 0 aliphatic carbocycles. The number of sulfonamides is 1. The zero-order valence-electron chi connectivity index (χ0n) is 13.2. The summed E-state index contributed by atoms with van der Waals surface area (Å²) in [4.78, 5) is 11.0. The maximum atomic E-state index is 12.5. The molecule has 2 rings (SSSR count). The molecule has 0 saturated carbocycles. The van der Waals surface area contributed by atoms with Crippen LogP contribution in [0.4, 0.5) is 0 Å². The van der Waals surface area contributed by atoms with E-state index in [4.69, 9.17) is 9.84 Å². The first-order chi connectivity index (χ1) is 10.0. The summed E-state index contributed by atoms with van der Waals surface area (Å²) in [7, 11) is -2.32. The van der Waals surface area contributed by atoms with Crippen molar-refractivity contribution < 1.29 is 23.1 Å². The smallest absolute Gasteiger partial charge is 0.307 e. The number of hydrogen-bond acceptors (Lipinski definition) is 4. The third kappa shape index (κ3) is 3.25. The Balaban J connectivity index is 2.26. The number of aliphatic carboxylic acids is 1. The fourth-order valence-electron chi connectivity index (χ4n) is 2.49. The molecular formula is C15H21NO5S. The first-order valence-electron chi connectivity index (χ1n) is 7.04. The van der Waals surface area contributed by atoms with Crippen molar-refractivity contribution >= 4 is 16.0 Å². The Kier molecular flexibility index (Phi) is 4.23. The average Bonchev–Trinajstić information content (AvgIpc) is 2.70. The van der Waals surface area contributed by atoms with Crippen LogP contribution >= 0.6 is 0 Å². The molecule has 1 aliphatic heterocycles. The Morgan fingerprint density at radius 1 is 1.45 bits per heavy atom. The monoisotopic (exact) mass is 327 g/mol. The van der Waals surface area contributed by atoms with Gasteiger partial charge in [-0.25, -0.2) is 12.7 Å². The standard InChI is InChI=1S/C15H21NO5S/c1-10(14(17)18)9-16(4)22(19,20)12-5-6-13-11(7-12)8-15(2,3)21-13/h5-7,10H,8-9H2,1-4H3,(H,17,18). The molecule has 0 saturated heterocycles. The maximum absolute atomic E-state index is 12.5. The van der Waals surface area contributed by atoms with Crippen LogP contribution in [0.25, 0.3) is 0 Å². The van der Waals surface area contributed by atoms with Crippen molar-refractivity contribution in [2.24, 2.45) is 5.92 Å². The minimum atomic E-state index is -3.71. The molecule has 1 aromatic carbocycles. The van der Waals surface area contributed by atoms with Crippen molar-refractivity contribution in [3.05, 3.63) is 23.8 Å². The number of hydrogen-bond donors (Lipinski definition) is 1. The molecule has 1 atom stereocenters. The SMILES string of the molecule is CC(CN(C)S(=O)(=O)c1ccc2c(c1)CC(C)(C)O2)C(=O)O. The highest BCUT2D eigenvalue weighted by atomic mass is 32.2. The van der Waals surface area contributed by atoms with Gasteiger partial charge in [-0.15, -0.1) is 0 Å². The molecule has 22 heavy (non-hydrogen) atoms. The van der Waals surface area contributed by atoms with Crippen LogP contribution in [0.15, 0.2) is 23.1 Å². The van der Waals surface area contributed by atoms with Gasteiger partial charge in [-0.3, -0.25) is 4.79 Å². The van der Waals surface area contributed by atoms with Crippen molar-refractivity contribution in [1.29, 1.82) is 0 Å². The third-order valence-corrected chi connectivity index (χ3v) is 5.51. The summed E-state index contributed by atoms with van der Waals surface area (Å²) < 4.78 is 31.9. The quantitative estimate of drug-likeness (QED) is 0.890. The van der Waals surface area contributed by atoms with Gasteiger partial charge in [-0.2, -0.15) is 0 Å². The van der Waals surface area contributed by atoms with Crippen LogP contribution < -0.4 is 4.74 Å². The number of carbonyl (C=O) groups is 1. The molecule has 1 aliphatic rings. The van der Waals surface area contributed by atoms with Crippen LogP contribution in [0.3, 0.4) is 0 Å². The lowest BCUT2D eigenvalue weighted by molar-refractivity contribution is -0.141. The van der Waals surface area contributed by atoms with Gasteiger partial charge >= 0.3 is 5.97 Å². The van der Waals surface area contributed by atoms with E-state index in [9.17, 15) is 13.2 Å². The highest BCUT2D eigenvalue weighted by Gasteiger charge is 2.32. The van der Waals surface area contributed by atoms with E-state index in [1.54, 1.807) is 12.1 Å². The molecule has 1 aromatic rings. The van der Waals surface area contributed by atoms with E-state index in [0.717, 1.165) is 9.87 Å². The van der Waals surface area contributed by atoms with Gasteiger partial charge in [0.2, 0.25) is 10.0 Å². The molecule has 0 aromatic heterocycles. The number of carboxylic acids is 1. The first kappa shape index (κ1) is 16.8. The molecular weight excluding hydrogens is 306 g/mol. The predicted octanol–water partition coefficient (Wildman–Crippen LogP) is 1.74. The summed E-state index contributed by atoms with van der Waals surface area (Å²) in [5.74, 6) is -1.09. The van der Waals surface area contributed by atoms with E-state index in [0.29, 0.717) is 12.2 Å². The normalized spacial score (nSPS) is 17.9. The molecule has 1 unspecified atom stereocenters. The second-order valence-corrected chi connectivity index (χ2v) is 8.38. The lowest BCUT2D eigenvalue weighted by Gasteiger charge is -2.19. The van der Waals surface area contributed by atoms with E-state index in [1.807, 2.05) is 13.8 Å². The predicted molar refractivity (Wildman–Crippen MR) is 81.5 cm³/mol. The van der Waals surface area contributed by atoms with Crippen LogP contribution in [-0.4, -0.2) is 43.0 Å². The highest BCUT2D eigenvalue weighted by Crippen LogP contribution is 2.36. The van der Waals surface area contributed by atoms with Gasteiger partial charge in [-0.05, 0) is 37.6 Å². The van der Waals surface area contributed by atoms with Gasteiger partial charge in [-0.1, -0.05) is 6.92 Å². The van der Waals surface area contributed by atoms with Crippen LogP contribution in [0.2, 0.25) is 0 Å². The van der Waals surface area contributed by atoms with Gasteiger partial charge in [0.25, 0.3) is 0 Å². The molecule has 122 valence electrons. The number of ether oxygens (including phenoxy) is 1. The minimum absolute atomic E-state index is 0.0727. The first-order valence-corrected chi connectivity index (χ1v) is 8.48. The summed E-state index contributed by atoms with van der Waals surface area (Å²) in [6.45, 7) is 5.30. The minimum Gasteiger partial charge on any atom is -0.487 e.